The van der Waals surface area contributed by atoms with Crippen LogP contribution in [0.15, 0.2) is 21.5 Å². The van der Waals surface area contributed by atoms with Crippen molar-refractivity contribution in [2.24, 2.45) is 5.92 Å². The largest absolute Gasteiger partial charge is 0.246 e. The summed E-state index contributed by atoms with van der Waals surface area (Å²) < 4.78 is 27.3. The van der Waals surface area contributed by atoms with Crippen LogP contribution in [-0.4, -0.2) is 25.8 Å². The van der Waals surface area contributed by atoms with E-state index in [0.717, 1.165) is 6.42 Å². The third-order valence-corrected chi connectivity index (χ3v) is 6.39. The lowest BCUT2D eigenvalue weighted by molar-refractivity contribution is 0.338. The van der Waals surface area contributed by atoms with Gasteiger partial charge in [-0.05, 0) is 31.4 Å². The average molecular weight is 403 g/mol. The molecule has 0 bridgehead atoms. The fourth-order valence-corrected chi connectivity index (χ4v) is 5.24. The molecule has 0 N–H and O–H groups in total. The predicted molar refractivity (Wildman–Crippen MR) is 88.0 cm³/mol. The maximum absolute atomic E-state index is 12.6. The minimum Gasteiger partial charge on any atom is -0.207 e. The molecule has 1 aromatic carbocycles. The van der Waals surface area contributed by atoms with E-state index in [-0.39, 0.29) is 21.0 Å². The summed E-state index contributed by atoms with van der Waals surface area (Å²) in [6.45, 7) is 5.98. The van der Waals surface area contributed by atoms with E-state index >= 15 is 0 Å². The van der Waals surface area contributed by atoms with Crippen LogP contribution >= 0.6 is 39.1 Å². The quantitative estimate of drug-likeness (QED) is 0.708. The van der Waals surface area contributed by atoms with E-state index in [1.807, 2.05) is 6.92 Å². The number of rotatable bonds is 5. The fraction of sp³-hybridized carbons (Fsp3) is 0.538. The molecule has 7 heteroatoms. The third kappa shape index (κ3) is 4.10. The highest BCUT2D eigenvalue weighted by molar-refractivity contribution is 9.10. The highest BCUT2D eigenvalue weighted by Gasteiger charge is 2.30. The molecule has 0 radical (unpaired) electrons. The number of benzene rings is 1. The normalized spacial score (nSPS) is 14.1. The van der Waals surface area contributed by atoms with Crippen molar-refractivity contribution in [3.05, 3.63) is 26.7 Å². The van der Waals surface area contributed by atoms with Crippen LogP contribution in [0, 0.1) is 5.92 Å². The highest BCUT2D eigenvalue weighted by atomic mass is 79.9. The van der Waals surface area contributed by atoms with Crippen LogP contribution in [0.4, 0.5) is 0 Å². The zero-order valence-electron chi connectivity index (χ0n) is 11.8. The van der Waals surface area contributed by atoms with Gasteiger partial charge in [-0.2, -0.15) is 4.31 Å². The monoisotopic (exact) mass is 401 g/mol. The summed E-state index contributed by atoms with van der Waals surface area (Å²) in [5.41, 5.74) is 0. The van der Waals surface area contributed by atoms with Gasteiger partial charge in [0.05, 0.1) is 10.0 Å². The van der Waals surface area contributed by atoms with Crippen molar-refractivity contribution in [2.75, 3.05) is 7.05 Å². The van der Waals surface area contributed by atoms with E-state index in [1.54, 1.807) is 7.05 Å². The van der Waals surface area contributed by atoms with Crippen LogP contribution in [0.25, 0.3) is 0 Å². The summed E-state index contributed by atoms with van der Waals surface area (Å²) in [6.07, 6.45) is 0.765. The summed E-state index contributed by atoms with van der Waals surface area (Å²) in [7, 11) is -2.16. The van der Waals surface area contributed by atoms with Crippen molar-refractivity contribution < 1.29 is 8.42 Å². The zero-order chi connectivity index (χ0) is 15.7. The Morgan fingerprint density at radius 1 is 1.20 bits per heavy atom. The van der Waals surface area contributed by atoms with Crippen LogP contribution in [-0.2, 0) is 10.0 Å². The first-order valence-corrected chi connectivity index (χ1v) is 9.18. The van der Waals surface area contributed by atoms with E-state index < -0.39 is 10.0 Å². The zero-order valence-corrected chi connectivity index (χ0v) is 15.7. The lowest BCUT2D eigenvalue weighted by Gasteiger charge is -2.26. The van der Waals surface area contributed by atoms with Crippen LogP contribution in [0.5, 0.6) is 0 Å². The SMILES string of the molecule is CC(C)CC(C)N(C)S(=O)(=O)c1c(Cl)cc(Br)cc1Cl. The molecule has 0 amide bonds. The Hall–Kier alpha value is 0.190. The topological polar surface area (TPSA) is 37.4 Å². The highest BCUT2D eigenvalue weighted by Crippen LogP contribution is 2.35. The summed E-state index contributed by atoms with van der Waals surface area (Å²) in [4.78, 5) is -0.0397. The molecule has 0 saturated heterocycles. The molecule has 0 fully saturated rings. The molecule has 0 saturated carbocycles. The van der Waals surface area contributed by atoms with Crippen LogP contribution in [0.2, 0.25) is 10.0 Å². The number of sulfonamides is 1. The van der Waals surface area contributed by atoms with Gasteiger partial charge in [0.1, 0.15) is 4.90 Å². The summed E-state index contributed by atoms with van der Waals surface area (Å²) in [6, 6.07) is 2.93. The molecule has 0 aliphatic rings. The van der Waals surface area contributed by atoms with Crippen molar-refractivity contribution in [1.29, 1.82) is 0 Å². The molecule has 20 heavy (non-hydrogen) atoms. The summed E-state index contributed by atoms with van der Waals surface area (Å²) >= 11 is 15.3. The molecule has 1 unspecified atom stereocenters. The molecule has 0 aliphatic carbocycles. The first-order chi connectivity index (χ1) is 9.07. The molecular weight excluding hydrogens is 385 g/mol. The minimum absolute atomic E-state index is 0.0397. The Morgan fingerprint density at radius 2 is 1.65 bits per heavy atom. The molecule has 1 rings (SSSR count). The number of hydrogen-bond donors (Lipinski definition) is 0. The Kier molecular flexibility index (Phi) is 6.35. The Labute approximate surface area is 139 Å². The molecule has 1 atom stereocenters. The van der Waals surface area contributed by atoms with Gasteiger partial charge in [-0.1, -0.05) is 53.0 Å². The molecule has 3 nitrogen and oxygen atoms in total. The van der Waals surface area contributed by atoms with E-state index in [4.69, 9.17) is 23.2 Å². The Balaban J connectivity index is 3.24. The van der Waals surface area contributed by atoms with Gasteiger partial charge in [-0.15, -0.1) is 0 Å². The molecule has 114 valence electrons. The number of halogens is 3. The second-order valence-corrected chi connectivity index (χ2v) is 8.86. The fourth-order valence-electron chi connectivity index (χ4n) is 1.99. The molecule has 0 spiro atoms. The van der Waals surface area contributed by atoms with Crippen LogP contribution in [0.3, 0.4) is 0 Å². The van der Waals surface area contributed by atoms with Crippen molar-refractivity contribution in [1.82, 2.24) is 4.31 Å². The van der Waals surface area contributed by atoms with Crippen molar-refractivity contribution >= 4 is 49.2 Å². The van der Waals surface area contributed by atoms with E-state index in [2.05, 4.69) is 29.8 Å². The average Bonchev–Trinajstić information content (AvgIpc) is 2.24. The molecule has 0 aliphatic heterocycles. The second kappa shape index (κ2) is 6.97. The summed E-state index contributed by atoms with van der Waals surface area (Å²) in [5.74, 6) is 0.401. The smallest absolute Gasteiger partial charge is 0.207 e. The van der Waals surface area contributed by atoms with Gasteiger partial charge in [0.15, 0.2) is 0 Å². The standard InChI is InChI=1S/C13H18BrCl2NO2S/c1-8(2)5-9(3)17(4)20(18,19)13-11(15)6-10(14)7-12(13)16/h6-9H,5H2,1-4H3. The third-order valence-electron chi connectivity index (χ3n) is 3.03. The van der Waals surface area contributed by atoms with Gasteiger partial charge in [0, 0.05) is 17.6 Å². The molecular formula is C13H18BrCl2NO2S. The van der Waals surface area contributed by atoms with Gasteiger partial charge in [0.25, 0.3) is 0 Å². The van der Waals surface area contributed by atoms with Crippen molar-refractivity contribution in [3.63, 3.8) is 0 Å². The van der Waals surface area contributed by atoms with Crippen molar-refractivity contribution in [3.8, 4) is 0 Å². The maximum atomic E-state index is 12.6. The molecule has 0 aromatic heterocycles. The van der Waals surface area contributed by atoms with Gasteiger partial charge in [0.2, 0.25) is 10.0 Å². The van der Waals surface area contributed by atoms with E-state index in [9.17, 15) is 8.42 Å². The van der Waals surface area contributed by atoms with Crippen molar-refractivity contribution in [2.45, 2.75) is 38.1 Å². The van der Waals surface area contributed by atoms with Crippen LogP contribution in [0.1, 0.15) is 27.2 Å². The van der Waals surface area contributed by atoms with Gasteiger partial charge in [-0.3, -0.25) is 0 Å². The second-order valence-electron chi connectivity index (χ2n) is 5.20. The molecule has 0 heterocycles. The van der Waals surface area contributed by atoms with E-state index in [1.165, 1.54) is 16.4 Å². The van der Waals surface area contributed by atoms with Crippen LogP contribution < -0.4 is 0 Å². The summed E-state index contributed by atoms with van der Waals surface area (Å²) in [5, 5.41) is 0.237. The van der Waals surface area contributed by atoms with E-state index in [0.29, 0.717) is 10.4 Å². The predicted octanol–water partition coefficient (Wildman–Crippen LogP) is 4.81. The lowest BCUT2D eigenvalue weighted by atomic mass is 10.1. The van der Waals surface area contributed by atoms with Gasteiger partial charge >= 0.3 is 0 Å². The first-order valence-electron chi connectivity index (χ1n) is 6.20. The maximum Gasteiger partial charge on any atom is 0.246 e. The lowest BCUT2D eigenvalue weighted by Crippen LogP contribution is -2.36. The molecule has 1 aromatic rings. The van der Waals surface area contributed by atoms with Gasteiger partial charge < -0.3 is 0 Å². The number of hydrogen-bond acceptors (Lipinski definition) is 2. The first kappa shape index (κ1) is 18.2. The van der Waals surface area contributed by atoms with Gasteiger partial charge in [-0.25, -0.2) is 8.42 Å². The number of nitrogens with zero attached hydrogens (tertiary/aromatic N) is 1. The Morgan fingerprint density at radius 3 is 2.05 bits per heavy atom. The Bertz CT molecular complexity index is 567. The minimum atomic E-state index is -3.71.